The van der Waals surface area contributed by atoms with Crippen molar-refractivity contribution in [2.75, 3.05) is 20.4 Å². The van der Waals surface area contributed by atoms with Crippen LogP contribution in [-0.2, 0) is 30.2 Å². The summed E-state index contributed by atoms with van der Waals surface area (Å²) in [5.74, 6) is 0.656. The van der Waals surface area contributed by atoms with E-state index in [0.29, 0.717) is 17.1 Å². The Balaban J connectivity index is 1.75. The lowest BCUT2D eigenvalue weighted by Gasteiger charge is -2.40. The first-order chi connectivity index (χ1) is 13.8. The van der Waals surface area contributed by atoms with Gasteiger partial charge in [0.25, 0.3) is 11.8 Å². The molecule has 5 rings (SSSR count). The minimum Gasteiger partial charge on any atom is -0.454 e. The monoisotopic (exact) mass is 433 g/mol. The lowest BCUT2D eigenvalue weighted by atomic mass is 9.75. The highest BCUT2D eigenvalue weighted by Gasteiger charge is 2.81. The largest absolute Gasteiger partial charge is 0.454 e. The number of nitriles is 1. The Kier molecular flexibility index (Phi) is 3.68. The van der Waals surface area contributed by atoms with Crippen molar-refractivity contribution in [3.8, 4) is 17.6 Å². The van der Waals surface area contributed by atoms with Gasteiger partial charge in [-0.05, 0) is 42.2 Å². The molecule has 0 aliphatic carbocycles. The number of benzene rings is 1. The molecule has 29 heavy (non-hydrogen) atoms. The Labute approximate surface area is 174 Å². The highest BCUT2D eigenvalue weighted by Crippen LogP contribution is 2.66. The number of piperazine rings is 1. The number of aliphatic hydroxyl groups is 1. The fourth-order valence-electron chi connectivity index (χ4n) is 5.25. The van der Waals surface area contributed by atoms with Crippen LogP contribution in [0.15, 0.2) is 18.2 Å². The maximum atomic E-state index is 13.6. The zero-order chi connectivity index (χ0) is 20.8. The summed E-state index contributed by atoms with van der Waals surface area (Å²) in [6.07, 6.45) is 0.252. The van der Waals surface area contributed by atoms with Crippen LogP contribution >= 0.6 is 0 Å². The Morgan fingerprint density at radius 2 is 2.07 bits per heavy atom. The van der Waals surface area contributed by atoms with Gasteiger partial charge < -0.3 is 24.4 Å². The number of carbonyl (C=O) groups is 2. The van der Waals surface area contributed by atoms with Gasteiger partial charge in [-0.15, -0.1) is 0 Å². The van der Waals surface area contributed by atoms with Gasteiger partial charge in [-0.25, -0.2) is 0 Å². The van der Waals surface area contributed by atoms with E-state index in [-0.39, 0.29) is 38.1 Å². The number of fused-ring (bicyclic) bond motifs is 2. The average molecular weight is 434 g/mol. The number of rotatable bonds is 3. The fraction of sp³-hybridized carbons (Fsp3) is 0.526. The summed E-state index contributed by atoms with van der Waals surface area (Å²) in [5.41, 5.74) is -0.460. The zero-order valence-electron chi connectivity index (χ0n) is 15.9. The normalized spacial score (nSPS) is 39.2. The summed E-state index contributed by atoms with van der Waals surface area (Å²) in [7, 11) is 0.572. The van der Waals surface area contributed by atoms with Gasteiger partial charge in [0.05, 0.1) is 17.5 Å². The molecule has 2 amide bonds. The molecule has 1 aromatic rings. The maximum Gasteiger partial charge on any atom is 0.261 e. The number of hydrogen-bond acceptors (Lipinski definition) is 7. The van der Waals surface area contributed by atoms with Crippen molar-refractivity contribution in [3.05, 3.63) is 23.8 Å². The van der Waals surface area contributed by atoms with Gasteiger partial charge in [-0.1, -0.05) is 15.5 Å². The van der Waals surface area contributed by atoms with Crippen molar-refractivity contribution in [1.29, 1.82) is 5.26 Å². The van der Waals surface area contributed by atoms with E-state index >= 15 is 0 Å². The molecule has 4 aliphatic heterocycles. The topological polar surface area (TPSA) is 103 Å². The standard InChI is InChI=1S/C19H19N3O5S2/c1-17-15(24)22-14(11-3-4-12-13(7-11)27-10-26-12)18(9-20,5-6-23)8-19(22,29(17)28)16(25)21(17)2/h3-4,7,14,23H,5-6,8,10H2,1-2H3/t14-,17-,18+,19-,29?/m0/s1. The van der Waals surface area contributed by atoms with Crippen LogP contribution in [0, 0.1) is 16.7 Å². The SMILES string of the molecule is CN1C(=O)[C@@]23C[C@@](C#N)(CCO)[C@H](c4ccc5c(c4)OCO5)N2C(=O)[C@]1(C)S3=S. The summed E-state index contributed by atoms with van der Waals surface area (Å²) in [6, 6.07) is 6.93. The molecular weight excluding hydrogens is 414 g/mol. The predicted molar refractivity (Wildman–Crippen MR) is 105 cm³/mol. The third kappa shape index (κ3) is 1.89. The molecule has 0 radical (unpaired) electrons. The van der Waals surface area contributed by atoms with Crippen LogP contribution in [0.4, 0.5) is 0 Å². The summed E-state index contributed by atoms with van der Waals surface area (Å²) in [6.45, 7) is 1.58. The van der Waals surface area contributed by atoms with E-state index < -0.39 is 30.7 Å². The fourth-order valence-corrected chi connectivity index (χ4v) is 8.73. The van der Waals surface area contributed by atoms with Gasteiger partial charge in [-0.3, -0.25) is 9.59 Å². The van der Waals surface area contributed by atoms with E-state index in [4.69, 9.17) is 20.7 Å². The number of aliphatic hydroxyl groups excluding tert-OH is 1. The van der Waals surface area contributed by atoms with E-state index in [9.17, 15) is 20.0 Å². The summed E-state index contributed by atoms with van der Waals surface area (Å²) < 4.78 is 10.9. The number of hydrogen-bond donors (Lipinski definition) is 1. The predicted octanol–water partition coefficient (Wildman–Crippen LogP) is 0.559. The van der Waals surface area contributed by atoms with Gasteiger partial charge in [-0.2, -0.15) is 5.26 Å². The molecule has 2 bridgehead atoms. The van der Waals surface area contributed by atoms with Crippen molar-refractivity contribution in [3.63, 3.8) is 0 Å². The Morgan fingerprint density at radius 1 is 1.34 bits per heavy atom. The van der Waals surface area contributed by atoms with E-state index in [2.05, 4.69) is 6.07 Å². The van der Waals surface area contributed by atoms with E-state index in [1.165, 1.54) is 4.90 Å². The van der Waals surface area contributed by atoms with Crippen LogP contribution in [0.5, 0.6) is 11.5 Å². The third-order valence-corrected chi connectivity index (χ3v) is 10.9. The summed E-state index contributed by atoms with van der Waals surface area (Å²) >= 11 is 5.79. The molecule has 0 saturated carbocycles. The summed E-state index contributed by atoms with van der Waals surface area (Å²) in [5, 5.41) is 20.0. The summed E-state index contributed by atoms with van der Waals surface area (Å²) in [4.78, 5) is 27.6. The minimum atomic E-state index is -1.23. The van der Waals surface area contributed by atoms with Crippen molar-refractivity contribution in [2.45, 2.75) is 35.5 Å². The number of likely N-dealkylation sites (N-methyl/N-ethyl adjacent to an activating group) is 1. The Hall–Kier alpha value is -2.22. The van der Waals surface area contributed by atoms with Gasteiger partial charge in [0.15, 0.2) is 21.2 Å². The number of nitrogens with zero attached hydrogens (tertiary/aromatic N) is 3. The van der Waals surface area contributed by atoms with Gasteiger partial charge in [0, 0.05) is 20.1 Å². The van der Waals surface area contributed by atoms with Crippen LogP contribution in [0.2, 0.25) is 0 Å². The van der Waals surface area contributed by atoms with E-state index in [1.54, 1.807) is 37.1 Å². The molecule has 1 unspecified atom stereocenters. The number of ether oxygens (including phenoxy) is 2. The van der Waals surface area contributed by atoms with Gasteiger partial charge >= 0.3 is 0 Å². The molecule has 8 nitrogen and oxygen atoms in total. The van der Waals surface area contributed by atoms with Crippen molar-refractivity contribution < 1.29 is 24.2 Å². The minimum absolute atomic E-state index is 0.104. The lowest BCUT2D eigenvalue weighted by molar-refractivity contribution is -0.159. The molecule has 10 heteroatoms. The molecule has 0 aromatic heterocycles. The molecule has 3 saturated heterocycles. The highest BCUT2D eigenvalue weighted by atomic mass is 32.8. The Morgan fingerprint density at radius 3 is 2.76 bits per heavy atom. The molecule has 4 heterocycles. The van der Waals surface area contributed by atoms with Gasteiger partial charge in [0.2, 0.25) is 6.79 Å². The maximum absolute atomic E-state index is 13.6. The molecule has 152 valence electrons. The molecule has 1 aromatic carbocycles. The number of amides is 2. The molecule has 4 aliphatic rings. The number of carbonyl (C=O) groups excluding carboxylic acids is 2. The Bertz CT molecular complexity index is 1040. The average Bonchev–Trinajstić information content (AvgIpc) is 3.37. The van der Waals surface area contributed by atoms with Crippen LogP contribution in [0.1, 0.15) is 31.4 Å². The van der Waals surface area contributed by atoms with E-state index in [1.807, 2.05) is 0 Å². The first kappa shape index (κ1) is 18.8. The van der Waals surface area contributed by atoms with Crippen LogP contribution in [0.3, 0.4) is 0 Å². The highest BCUT2D eigenvalue weighted by molar-refractivity contribution is 8.31. The second kappa shape index (κ2) is 5.68. The second-order valence-electron chi connectivity index (χ2n) is 8.01. The zero-order valence-corrected chi connectivity index (χ0v) is 17.5. The third-order valence-electron chi connectivity index (χ3n) is 6.78. The van der Waals surface area contributed by atoms with E-state index in [0.717, 1.165) is 0 Å². The molecular formula is C19H19N3O5S2. The van der Waals surface area contributed by atoms with Crippen molar-refractivity contribution in [1.82, 2.24) is 9.80 Å². The molecule has 3 fully saturated rings. The molecule has 5 atom stereocenters. The first-order valence-electron chi connectivity index (χ1n) is 9.23. The lowest BCUT2D eigenvalue weighted by Crippen LogP contribution is -2.60. The molecule has 1 spiro atoms. The van der Waals surface area contributed by atoms with Crippen LogP contribution in [0.25, 0.3) is 0 Å². The smallest absolute Gasteiger partial charge is 0.261 e. The quantitative estimate of drug-likeness (QED) is 0.743. The first-order valence-corrected chi connectivity index (χ1v) is 11.4. The van der Waals surface area contributed by atoms with Crippen molar-refractivity contribution >= 4 is 32.5 Å². The van der Waals surface area contributed by atoms with Crippen LogP contribution < -0.4 is 9.47 Å². The molecule has 1 N–H and O–H groups in total. The second-order valence-corrected chi connectivity index (χ2v) is 11.0. The van der Waals surface area contributed by atoms with Gasteiger partial charge in [0.1, 0.15) is 0 Å². The van der Waals surface area contributed by atoms with Crippen LogP contribution in [-0.4, -0.2) is 56.9 Å². The van der Waals surface area contributed by atoms with Crippen molar-refractivity contribution in [2.24, 2.45) is 5.41 Å².